The Morgan fingerprint density at radius 1 is 1.00 bits per heavy atom. The lowest BCUT2D eigenvalue weighted by Crippen LogP contribution is -2.39. The predicted molar refractivity (Wildman–Crippen MR) is 107 cm³/mol. The lowest BCUT2D eigenvalue weighted by Gasteiger charge is -2.32. The summed E-state index contributed by atoms with van der Waals surface area (Å²) < 4.78 is 4.03. The average molecular weight is 387 g/mol. The summed E-state index contributed by atoms with van der Waals surface area (Å²) in [6, 6.07) is 12.4. The molecule has 1 aliphatic heterocycles. The molecule has 1 saturated heterocycles. The third-order valence-corrected chi connectivity index (χ3v) is 5.51. The van der Waals surface area contributed by atoms with E-state index in [4.69, 9.17) is 0 Å². The summed E-state index contributed by atoms with van der Waals surface area (Å²) in [7, 11) is 0. The van der Waals surface area contributed by atoms with Crippen molar-refractivity contribution in [2.24, 2.45) is 0 Å². The second-order valence-electron chi connectivity index (χ2n) is 7.36. The Bertz CT molecular complexity index is 1110. The number of hydrogen-bond acceptors (Lipinski definition) is 5. The second kappa shape index (κ2) is 7.46. The number of rotatable bonds is 4. The van der Waals surface area contributed by atoms with Crippen LogP contribution in [0.3, 0.4) is 0 Å². The number of imidazole rings is 1. The third kappa shape index (κ3) is 3.49. The molecule has 0 atom stereocenters. The quantitative estimate of drug-likeness (QED) is 0.537. The van der Waals surface area contributed by atoms with Gasteiger partial charge in [-0.15, -0.1) is 10.2 Å². The smallest absolute Gasteiger partial charge is 0.255 e. The molecular weight excluding hydrogens is 366 g/mol. The van der Waals surface area contributed by atoms with Crippen molar-refractivity contribution < 1.29 is 4.79 Å². The number of aromatic nitrogens is 6. The highest BCUT2D eigenvalue weighted by Crippen LogP contribution is 2.23. The zero-order valence-electron chi connectivity index (χ0n) is 15.9. The molecule has 0 aliphatic carbocycles. The van der Waals surface area contributed by atoms with E-state index in [1.807, 2.05) is 38.3 Å². The van der Waals surface area contributed by atoms with Crippen molar-refractivity contribution in [3.63, 3.8) is 0 Å². The number of pyridine rings is 1. The average Bonchev–Trinajstić information content (AvgIpc) is 3.44. The van der Waals surface area contributed by atoms with E-state index in [1.54, 1.807) is 25.2 Å². The first kappa shape index (κ1) is 17.5. The Balaban J connectivity index is 1.30. The van der Waals surface area contributed by atoms with Gasteiger partial charge in [-0.1, -0.05) is 30.3 Å². The first-order valence-electron chi connectivity index (χ1n) is 9.76. The van der Waals surface area contributed by atoms with E-state index >= 15 is 0 Å². The predicted octanol–water partition coefficient (Wildman–Crippen LogP) is 2.55. The number of piperidine rings is 1. The lowest BCUT2D eigenvalue weighted by atomic mass is 10.0. The van der Waals surface area contributed by atoms with Gasteiger partial charge in [0.25, 0.3) is 5.91 Å². The van der Waals surface area contributed by atoms with Crippen molar-refractivity contribution in [1.82, 2.24) is 34.2 Å². The van der Waals surface area contributed by atoms with E-state index in [-0.39, 0.29) is 5.91 Å². The molecule has 4 aromatic rings. The Hall–Kier alpha value is -3.55. The van der Waals surface area contributed by atoms with Gasteiger partial charge in [0.15, 0.2) is 5.65 Å². The molecule has 1 aromatic carbocycles. The molecule has 0 saturated carbocycles. The monoisotopic (exact) mass is 387 g/mol. The van der Waals surface area contributed by atoms with Crippen molar-refractivity contribution in [3.05, 3.63) is 72.7 Å². The van der Waals surface area contributed by atoms with Crippen LogP contribution in [0.1, 0.15) is 34.8 Å². The van der Waals surface area contributed by atoms with Gasteiger partial charge < -0.3 is 14.0 Å². The van der Waals surface area contributed by atoms with E-state index in [0.29, 0.717) is 31.2 Å². The van der Waals surface area contributed by atoms with Crippen molar-refractivity contribution in [2.45, 2.75) is 25.4 Å². The van der Waals surface area contributed by atoms with E-state index in [1.165, 1.54) is 5.56 Å². The van der Waals surface area contributed by atoms with Gasteiger partial charge in [0.1, 0.15) is 18.2 Å². The van der Waals surface area contributed by atoms with Gasteiger partial charge in [-0.2, -0.15) is 0 Å². The Labute approximate surface area is 167 Å². The number of likely N-dealkylation sites (tertiary alicyclic amines) is 1. The van der Waals surface area contributed by atoms with E-state index < -0.39 is 0 Å². The van der Waals surface area contributed by atoms with Gasteiger partial charge in [-0.3, -0.25) is 4.79 Å². The molecular formula is C21H21N7O. The molecule has 1 amide bonds. The molecule has 0 N–H and O–H groups in total. The van der Waals surface area contributed by atoms with Crippen LogP contribution < -0.4 is 0 Å². The zero-order valence-corrected chi connectivity index (χ0v) is 15.9. The number of carbonyl (C=O) groups excluding carboxylic acids is 1. The summed E-state index contributed by atoms with van der Waals surface area (Å²) in [4.78, 5) is 23.9. The second-order valence-corrected chi connectivity index (χ2v) is 7.36. The van der Waals surface area contributed by atoms with E-state index in [2.05, 4.69) is 32.3 Å². The van der Waals surface area contributed by atoms with Gasteiger partial charge in [-0.05, 0) is 24.5 Å². The standard InChI is InChI=1S/C21H21N7O/c29-21(26-8-6-18(7-9-26)28-14-24-25-15-28)17-10-19-20(22-11-17)27(13-23-19)12-16-4-2-1-3-5-16/h1-5,10-11,13-15,18H,6-9,12H2. The fraction of sp³-hybridized carbons (Fsp3) is 0.286. The first-order valence-corrected chi connectivity index (χ1v) is 9.76. The molecule has 4 heterocycles. The first-order chi connectivity index (χ1) is 14.3. The van der Waals surface area contributed by atoms with Crippen LogP contribution in [0.25, 0.3) is 11.2 Å². The highest BCUT2D eigenvalue weighted by molar-refractivity contribution is 5.96. The number of carbonyl (C=O) groups is 1. The molecule has 8 heteroatoms. The Kier molecular flexibility index (Phi) is 4.51. The van der Waals surface area contributed by atoms with E-state index in [9.17, 15) is 4.79 Å². The van der Waals surface area contributed by atoms with Gasteiger partial charge in [0.2, 0.25) is 0 Å². The van der Waals surface area contributed by atoms with Gasteiger partial charge in [0.05, 0.1) is 18.4 Å². The molecule has 29 heavy (non-hydrogen) atoms. The maximum atomic E-state index is 13.0. The lowest BCUT2D eigenvalue weighted by molar-refractivity contribution is 0.0694. The van der Waals surface area contributed by atoms with Crippen molar-refractivity contribution in [2.75, 3.05) is 13.1 Å². The number of amides is 1. The summed E-state index contributed by atoms with van der Waals surface area (Å²) in [5.74, 6) is 0.0132. The maximum absolute atomic E-state index is 13.0. The minimum atomic E-state index is 0.0132. The van der Waals surface area contributed by atoms with Crippen LogP contribution in [0, 0.1) is 0 Å². The third-order valence-electron chi connectivity index (χ3n) is 5.51. The van der Waals surface area contributed by atoms with Crippen LogP contribution in [0.5, 0.6) is 0 Å². The van der Waals surface area contributed by atoms with Crippen molar-refractivity contribution in [3.8, 4) is 0 Å². The number of hydrogen-bond donors (Lipinski definition) is 0. The SMILES string of the molecule is O=C(c1cnc2c(c1)ncn2Cc1ccccc1)N1CCC(n2cnnc2)CC1. The normalized spacial score (nSPS) is 15.1. The van der Waals surface area contributed by atoms with Crippen LogP contribution >= 0.6 is 0 Å². The number of nitrogens with zero attached hydrogens (tertiary/aromatic N) is 7. The molecule has 0 radical (unpaired) electrons. The van der Waals surface area contributed by atoms with Crippen LogP contribution in [0.4, 0.5) is 0 Å². The number of fused-ring (bicyclic) bond motifs is 1. The summed E-state index contributed by atoms with van der Waals surface area (Å²) in [5, 5.41) is 7.74. The van der Waals surface area contributed by atoms with Gasteiger partial charge in [0, 0.05) is 25.3 Å². The molecule has 5 rings (SSSR count). The molecule has 0 spiro atoms. The summed E-state index contributed by atoms with van der Waals surface area (Å²) in [5.41, 5.74) is 3.30. The summed E-state index contributed by atoms with van der Waals surface area (Å²) in [6.45, 7) is 2.12. The van der Waals surface area contributed by atoms with Gasteiger partial charge >= 0.3 is 0 Å². The molecule has 1 aliphatic rings. The molecule has 146 valence electrons. The zero-order chi connectivity index (χ0) is 19.6. The molecule has 3 aromatic heterocycles. The minimum absolute atomic E-state index is 0.0132. The summed E-state index contributed by atoms with van der Waals surface area (Å²) >= 11 is 0. The largest absolute Gasteiger partial charge is 0.338 e. The topological polar surface area (TPSA) is 81.7 Å². The van der Waals surface area contributed by atoms with Crippen molar-refractivity contribution in [1.29, 1.82) is 0 Å². The highest BCUT2D eigenvalue weighted by atomic mass is 16.2. The van der Waals surface area contributed by atoms with Crippen LogP contribution in [-0.2, 0) is 6.54 Å². The minimum Gasteiger partial charge on any atom is -0.338 e. The Morgan fingerprint density at radius 2 is 1.76 bits per heavy atom. The summed E-state index contributed by atoms with van der Waals surface area (Å²) in [6.07, 6.45) is 8.72. The fourth-order valence-corrected chi connectivity index (χ4v) is 3.91. The Morgan fingerprint density at radius 3 is 2.52 bits per heavy atom. The molecule has 8 nitrogen and oxygen atoms in total. The molecule has 0 bridgehead atoms. The fourth-order valence-electron chi connectivity index (χ4n) is 3.91. The van der Waals surface area contributed by atoms with Crippen LogP contribution in [0.15, 0.2) is 61.6 Å². The maximum Gasteiger partial charge on any atom is 0.255 e. The highest BCUT2D eigenvalue weighted by Gasteiger charge is 2.25. The van der Waals surface area contributed by atoms with Crippen LogP contribution in [0.2, 0.25) is 0 Å². The molecule has 0 unspecified atom stereocenters. The van der Waals surface area contributed by atoms with Crippen molar-refractivity contribution >= 4 is 17.1 Å². The van der Waals surface area contributed by atoms with Gasteiger partial charge in [-0.25, -0.2) is 9.97 Å². The van der Waals surface area contributed by atoms with Crippen LogP contribution in [-0.4, -0.2) is 53.2 Å². The number of benzene rings is 1. The van der Waals surface area contributed by atoms with E-state index in [0.717, 1.165) is 24.0 Å². The molecule has 1 fully saturated rings.